The van der Waals surface area contributed by atoms with Crippen molar-refractivity contribution < 1.29 is 22.4 Å². The number of carbonyl (C=O) groups is 1. The number of amides is 1. The maximum atomic E-state index is 13.7. The second-order valence-electron chi connectivity index (χ2n) is 5.75. The summed E-state index contributed by atoms with van der Waals surface area (Å²) in [5, 5.41) is 11.0. The van der Waals surface area contributed by atoms with E-state index in [1.807, 2.05) is 4.90 Å². The minimum Gasteiger partial charge on any atom is -0.352 e. The van der Waals surface area contributed by atoms with Crippen LogP contribution in [0.4, 0.5) is 17.6 Å². The molecule has 1 amide bonds. The van der Waals surface area contributed by atoms with Crippen molar-refractivity contribution in [1.82, 2.24) is 10.2 Å². The van der Waals surface area contributed by atoms with Crippen molar-refractivity contribution in [2.45, 2.75) is 19.0 Å². The van der Waals surface area contributed by atoms with Crippen LogP contribution >= 0.6 is 0 Å². The van der Waals surface area contributed by atoms with Crippen LogP contribution in [0.25, 0.3) is 0 Å². The first-order valence-electron chi connectivity index (χ1n) is 7.56. The molecule has 1 aliphatic rings. The lowest BCUT2D eigenvalue weighted by atomic mass is 9.96. The maximum absolute atomic E-state index is 13.7. The number of benzene rings is 1. The number of likely N-dealkylation sites (tertiary alicyclic amines) is 1. The summed E-state index contributed by atoms with van der Waals surface area (Å²) in [6, 6.07) is 4.52. The maximum Gasteiger partial charge on any atom is 0.417 e. The molecule has 1 heterocycles. The second kappa shape index (κ2) is 7.62. The number of rotatable bonds is 4. The van der Waals surface area contributed by atoms with E-state index in [0.717, 1.165) is 25.0 Å². The summed E-state index contributed by atoms with van der Waals surface area (Å²) in [4.78, 5) is 14.0. The van der Waals surface area contributed by atoms with Crippen molar-refractivity contribution in [2.75, 3.05) is 26.2 Å². The van der Waals surface area contributed by atoms with E-state index in [1.54, 1.807) is 0 Å². The molecule has 4 nitrogen and oxygen atoms in total. The zero-order valence-corrected chi connectivity index (χ0v) is 12.9. The van der Waals surface area contributed by atoms with Crippen molar-refractivity contribution in [3.05, 3.63) is 35.1 Å². The molecule has 1 saturated heterocycles. The summed E-state index contributed by atoms with van der Waals surface area (Å²) >= 11 is 0. The van der Waals surface area contributed by atoms with Crippen molar-refractivity contribution in [3.63, 3.8) is 0 Å². The number of nitrogens with zero attached hydrogens (tertiary/aromatic N) is 2. The van der Waals surface area contributed by atoms with Gasteiger partial charge < -0.3 is 5.32 Å². The number of hydrogen-bond acceptors (Lipinski definition) is 3. The lowest BCUT2D eigenvalue weighted by molar-refractivity contribution is -0.138. The van der Waals surface area contributed by atoms with Gasteiger partial charge in [-0.15, -0.1) is 0 Å². The normalized spacial score (nSPS) is 16.6. The molecule has 130 valence electrons. The lowest BCUT2D eigenvalue weighted by Gasteiger charge is -2.30. The number of nitriles is 1. The van der Waals surface area contributed by atoms with Gasteiger partial charge in [0.1, 0.15) is 5.82 Å². The van der Waals surface area contributed by atoms with Crippen molar-refractivity contribution in [2.24, 2.45) is 5.92 Å². The van der Waals surface area contributed by atoms with Gasteiger partial charge in [-0.2, -0.15) is 18.4 Å². The Labute approximate surface area is 137 Å². The molecule has 2 rings (SSSR count). The molecule has 0 radical (unpaired) electrons. The highest BCUT2D eigenvalue weighted by molar-refractivity contribution is 5.96. The van der Waals surface area contributed by atoms with Crippen LogP contribution in [0.1, 0.15) is 28.8 Å². The molecule has 0 bridgehead atoms. The van der Waals surface area contributed by atoms with Gasteiger partial charge >= 0.3 is 6.18 Å². The van der Waals surface area contributed by atoms with E-state index < -0.39 is 29.0 Å². The Kier molecular flexibility index (Phi) is 5.78. The highest BCUT2D eigenvalue weighted by atomic mass is 19.4. The van der Waals surface area contributed by atoms with Crippen molar-refractivity contribution in [1.29, 1.82) is 5.26 Å². The number of halogens is 4. The molecule has 1 N–H and O–H groups in total. The Balaban J connectivity index is 1.98. The van der Waals surface area contributed by atoms with E-state index in [2.05, 4.69) is 11.4 Å². The van der Waals surface area contributed by atoms with Crippen molar-refractivity contribution in [3.8, 4) is 6.07 Å². The minimum absolute atomic E-state index is 0.102. The fourth-order valence-electron chi connectivity index (χ4n) is 2.77. The summed E-state index contributed by atoms with van der Waals surface area (Å²) in [5.41, 5.74) is -2.24. The molecule has 8 heteroatoms. The largest absolute Gasteiger partial charge is 0.417 e. The summed E-state index contributed by atoms with van der Waals surface area (Å²) in [7, 11) is 0. The Morgan fingerprint density at radius 1 is 1.33 bits per heavy atom. The van der Waals surface area contributed by atoms with Crippen LogP contribution in [-0.4, -0.2) is 37.0 Å². The monoisotopic (exact) mass is 343 g/mol. The Hall–Kier alpha value is -2.14. The minimum atomic E-state index is -4.79. The quantitative estimate of drug-likeness (QED) is 0.676. The third-order valence-electron chi connectivity index (χ3n) is 4.10. The molecular formula is C16H17F4N3O. The van der Waals surface area contributed by atoms with Crippen LogP contribution in [0.15, 0.2) is 18.2 Å². The highest BCUT2D eigenvalue weighted by Gasteiger charge is 2.36. The Bertz CT molecular complexity index is 631. The van der Waals surface area contributed by atoms with Crippen LogP contribution < -0.4 is 5.32 Å². The first-order valence-corrected chi connectivity index (χ1v) is 7.56. The number of carbonyl (C=O) groups excluding carboxylic acids is 1. The average molecular weight is 343 g/mol. The van der Waals surface area contributed by atoms with Crippen LogP contribution in [0.3, 0.4) is 0 Å². The van der Waals surface area contributed by atoms with E-state index in [-0.39, 0.29) is 12.5 Å². The summed E-state index contributed by atoms with van der Waals surface area (Å²) < 4.78 is 52.5. The van der Waals surface area contributed by atoms with E-state index in [4.69, 9.17) is 5.26 Å². The van der Waals surface area contributed by atoms with Gasteiger partial charge in [0.05, 0.1) is 23.7 Å². The predicted molar refractivity (Wildman–Crippen MR) is 78.5 cm³/mol. The van der Waals surface area contributed by atoms with Gasteiger partial charge in [-0.25, -0.2) is 4.39 Å². The second-order valence-corrected chi connectivity index (χ2v) is 5.75. The number of hydrogen-bond donors (Lipinski definition) is 1. The fraction of sp³-hybridized carbons (Fsp3) is 0.500. The standard InChI is InChI=1S/C16H17F4N3O/c17-13-3-1-2-12(16(18,19)20)14(13)15(24)22-10-11-4-7-23(8-5-11)9-6-21/h1-3,11H,4-5,7-10H2,(H,22,24). The molecule has 0 unspecified atom stereocenters. The van der Waals surface area contributed by atoms with Crippen LogP contribution in [0.2, 0.25) is 0 Å². The number of piperidine rings is 1. The van der Waals surface area contributed by atoms with Gasteiger partial charge in [-0.1, -0.05) is 6.07 Å². The van der Waals surface area contributed by atoms with E-state index in [9.17, 15) is 22.4 Å². The molecule has 24 heavy (non-hydrogen) atoms. The third-order valence-corrected chi connectivity index (χ3v) is 4.10. The van der Waals surface area contributed by atoms with E-state index in [1.165, 1.54) is 0 Å². The average Bonchev–Trinajstić information content (AvgIpc) is 2.53. The topological polar surface area (TPSA) is 56.1 Å². The molecule has 1 fully saturated rings. The zero-order valence-electron chi connectivity index (χ0n) is 12.9. The first-order chi connectivity index (χ1) is 11.3. The van der Waals surface area contributed by atoms with E-state index in [0.29, 0.717) is 25.7 Å². The number of nitrogens with one attached hydrogen (secondary N) is 1. The first kappa shape index (κ1) is 18.2. The third kappa shape index (κ3) is 4.45. The van der Waals surface area contributed by atoms with E-state index >= 15 is 0 Å². The van der Waals surface area contributed by atoms with Crippen LogP contribution in [-0.2, 0) is 6.18 Å². The van der Waals surface area contributed by atoms with Crippen LogP contribution in [0, 0.1) is 23.1 Å². The van der Waals surface area contributed by atoms with Gasteiger partial charge in [-0.05, 0) is 44.0 Å². The van der Waals surface area contributed by atoms with Gasteiger partial charge in [-0.3, -0.25) is 9.69 Å². The molecule has 0 aliphatic carbocycles. The van der Waals surface area contributed by atoms with Crippen LogP contribution in [0.5, 0.6) is 0 Å². The fourth-order valence-corrected chi connectivity index (χ4v) is 2.77. The predicted octanol–water partition coefficient (Wildman–Crippen LogP) is 2.81. The number of alkyl halides is 3. The van der Waals surface area contributed by atoms with Gasteiger partial charge in [0, 0.05) is 6.54 Å². The summed E-state index contributed by atoms with van der Waals surface area (Å²) in [6.07, 6.45) is -3.34. The SMILES string of the molecule is N#CCN1CCC(CNC(=O)c2c(F)cccc2C(F)(F)F)CC1. The Morgan fingerprint density at radius 2 is 2.00 bits per heavy atom. The molecular weight excluding hydrogens is 326 g/mol. The zero-order chi connectivity index (χ0) is 17.7. The summed E-state index contributed by atoms with van der Waals surface area (Å²) in [5.74, 6) is -2.14. The molecule has 0 saturated carbocycles. The Morgan fingerprint density at radius 3 is 2.58 bits per heavy atom. The molecule has 1 aromatic carbocycles. The summed E-state index contributed by atoms with van der Waals surface area (Å²) in [6.45, 7) is 1.91. The molecule has 0 aromatic heterocycles. The smallest absolute Gasteiger partial charge is 0.352 e. The van der Waals surface area contributed by atoms with Crippen molar-refractivity contribution >= 4 is 5.91 Å². The molecule has 0 atom stereocenters. The molecule has 1 aliphatic heterocycles. The van der Waals surface area contributed by atoms with Gasteiger partial charge in [0.2, 0.25) is 0 Å². The molecule has 1 aromatic rings. The van der Waals surface area contributed by atoms with Gasteiger partial charge in [0.25, 0.3) is 5.91 Å². The highest BCUT2D eigenvalue weighted by Crippen LogP contribution is 2.33. The molecule has 0 spiro atoms. The lowest BCUT2D eigenvalue weighted by Crippen LogP contribution is -2.39. The van der Waals surface area contributed by atoms with Gasteiger partial charge in [0.15, 0.2) is 0 Å².